The van der Waals surface area contributed by atoms with Gasteiger partial charge in [0.15, 0.2) is 0 Å². The Kier molecular flexibility index (Phi) is 1.72. The van der Waals surface area contributed by atoms with Gasteiger partial charge in [-0.1, -0.05) is 37.3 Å². The fraction of sp³-hybridized carbons (Fsp3) is 0.538. The van der Waals surface area contributed by atoms with Crippen LogP contribution in [0.2, 0.25) is 0 Å². The van der Waals surface area contributed by atoms with E-state index in [1.165, 1.54) is 25.1 Å². The zero-order valence-corrected chi connectivity index (χ0v) is 8.74. The molecular weight excluding hydrogens is 170 g/mol. The van der Waals surface area contributed by atoms with Crippen LogP contribution in [0.5, 0.6) is 0 Å². The molecule has 74 valence electrons. The van der Waals surface area contributed by atoms with Gasteiger partial charge in [0, 0.05) is 19.6 Å². The zero-order chi connectivity index (χ0) is 9.60. The monoisotopic (exact) mass is 187 g/mol. The highest BCUT2D eigenvalue weighted by atomic mass is 15.2. The van der Waals surface area contributed by atoms with E-state index in [-0.39, 0.29) is 0 Å². The number of likely N-dealkylation sites (tertiary alicyclic amines) is 1. The summed E-state index contributed by atoms with van der Waals surface area (Å²) in [5.74, 6) is 1.01. The van der Waals surface area contributed by atoms with Crippen LogP contribution >= 0.6 is 0 Å². The fourth-order valence-corrected chi connectivity index (χ4v) is 2.83. The van der Waals surface area contributed by atoms with Crippen molar-refractivity contribution in [3.8, 4) is 0 Å². The second kappa shape index (κ2) is 2.83. The van der Waals surface area contributed by atoms with E-state index in [0.29, 0.717) is 5.41 Å². The number of rotatable bonds is 2. The summed E-state index contributed by atoms with van der Waals surface area (Å²) >= 11 is 0. The topological polar surface area (TPSA) is 3.24 Å². The van der Waals surface area contributed by atoms with Gasteiger partial charge in [0.25, 0.3) is 0 Å². The Labute approximate surface area is 85.7 Å². The van der Waals surface area contributed by atoms with Gasteiger partial charge in [-0.3, -0.25) is 4.90 Å². The first kappa shape index (κ1) is 8.49. The molecule has 2 unspecified atom stereocenters. The van der Waals surface area contributed by atoms with Gasteiger partial charge in [0.1, 0.15) is 0 Å². The normalized spacial score (nSPS) is 35.6. The van der Waals surface area contributed by atoms with Gasteiger partial charge in [-0.25, -0.2) is 0 Å². The van der Waals surface area contributed by atoms with Gasteiger partial charge in [-0.2, -0.15) is 0 Å². The molecule has 2 aliphatic rings. The molecule has 0 N–H and O–H groups in total. The van der Waals surface area contributed by atoms with E-state index >= 15 is 0 Å². The highest BCUT2D eigenvalue weighted by Gasteiger charge is 2.55. The molecule has 1 aromatic carbocycles. The number of hydrogen-bond donors (Lipinski definition) is 0. The number of nitrogens with zero attached hydrogens (tertiary/aromatic N) is 1. The van der Waals surface area contributed by atoms with Crippen molar-refractivity contribution in [1.29, 1.82) is 0 Å². The zero-order valence-electron chi connectivity index (χ0n) is 8.74. The van der Waals surface area contributed by atoms with Crippen LogP contribution < -0.4 is 0 Å². The maximum atomic E-state index is 2.60. The maximum absolute atomic E-state index is 2.60. The lowest BCUT2D eigenvalue weighted by atomic mass is 10.1. The van der Waals surface area contributed by atoms with E-state index in [9.17, 15) is 0 Å². The third kappa shape index (κ3) is 1.36. The van der Waals surface area contributed by atoms with Crippen LogP contribution in [0.1, 0.15) is 18.9 Å². The fourth-order valence-electron chi connectivity index (χ4n) is 2.83. The molecule has 14 heavy (non-hydrogen) atoms. The average molecular weight is 187 g/mol. The molecule has 1 aliphatic heterocycles. The van der Waals surface area contributed by atoms with Crippen LogP contribution in [0.3, 0.4) is 0 Å². The van der Waals surface area contributed by atoms with Crippen molar-refractivity contribution >= 4 is 0 Å². The van der Waals surface area contributed by atoms with Crippen LogP contribution in [-0.4, -0.2) is 18.0 Å². The lowest BCUT2D eigenvalue weighted by molar-refractivity contribution is 0.278. The van der Waals surface area contributed by atoms with Crippen molar-refractivity contribution in [1.82, 2.24) is 4.90 Å². The molecular formula is C13H17N. The Morgan fingerprint density at radius 1 is 1.36 bits per heavy atom. The number of piperidine rings is 1. The lowest BCUT2D eigenvalue weighted by Gasteiger charge is -2.18. The van der Waals surface area contributed by atoms with Gasteiger partial charge in [0.05, 0.1) is 0 Å². The van der Waals surface area contributed by atoms with Crippen LogP contribution in [0, 0.1) is 11.3 Å². The third-order valence-electron chi connectivity index (χ3n) is 3.85. The molecule has 1 heterocycles. The van der Waals surface area contributed by atoms with Crippen molar-refractivity contribution in [2.45, 2.75) is 19.9 Å². The molecule has 1 nitrogen and oxygen atoms in total. The molecule has 2 atom stereocenters. The maximum Gasteiger partial charge on any atom is 0.0234 e. The summed E-state index contributed by atoms with van der Waals surface area (Å²) in [4.78, 5) is 2.60. The van der Waals surface area contributed by atoms with Gasteiger partial charge < -0.3 is 0 Å². The minimum atomic E-state index is 0.689. The van der Waals surface area contributed by atoms with Crippen molar-refractivity contribution in [3.63, 3.8) is 0 Å². The highest BCUT2D eigenvalue weighted by molar-refractivity contribution is 5.16. The summed E-state index contributed by atoms with van der Waals surface area (Å²) in [5, 5.41) is 0. The highest BCUT2D eigenvalue weighted by Crippen LogP contribution is 2.57. The second-order valence-electron chi connectivity index (χ2n) is 5.21. The first-order valence-corrected chi connectivity index (χ1v) is 5.53. The van der Waals surface area contributed by atoms with Crippen molar-refractivity contribution in [2.75, 3.05) is 13.1 Å². The Hall–Kier alpha value is -0.820. The van der Waals surface area contributed by atoms with E-state index < -0.39 is 0 Å². The summed E-state index contributed by atoms with van der Waals surface area (Å²) in [6.45, 7) is 6.22. The predicted molar refractivity (Wildman–Crippen MR) is 57.9 cm³/mol. The summed E-state index contributed by atoms with van der Waals surface area (Å²) in [6.07, 6.45) is 1.47. The summed E-state index contributed by atoms with van der Waals surface area (Å²) in [5.41, 5.74) is 2.15. The van der Waals surface area contributed by atoms with Crippen molar-refractivity contribution in [3.05, 3.63) is 35.9 Å². The second-order valence-corrected chi connectivity index (χ2v) is 5.21. The lowest BCUT2D eigenvalue weighted by Crippen LogP contribution is -2.23. The van der Waals surface area contributed by atoms with Gasteiger partial charge in [-0.05, 0) is 23.3 Å². The smallest absolute Gasteiger partial charge is 0.0234 e. The first-order chi connectivity index (χ1) is 6.76. The van der Waals surface area contributed by atoms with Crippen LogP contribution in [0.15, 0.2) is 30.3 Å². The minimum absolute atomic E-state index is 0.689. The molecule has 1 saturated carbocycles. The molecule has 3 rings (SSSR count). The Balaban J connectivity index is 1.65. The van der Waals surface area contributed by atoms with Crippen molar-refractivity contribution in [2.24, 2.45) is 11.3 Å². The van der Waals surface area contributed by atoms with E-state index in [1.54, 1.807) is 0 Å². The number of benzene rings is 1. The van der Waals surface area contributed by atoms with Crippen LogP contribution in [0.4, 0.5) is 0 Å². The quantitative estimate of drug-likeness (QED) is 0.687. The Morgan fingerprint density at radius 3 is 2.79 bits per heavy atom. The molecule has 1 aromatic rings. The average Bonchev–Trinajstić information content (AvgIpc) is 2.67. The summed E-state index contributed by atoms with van der Waals surface area (Å²) < 4.78 is 0. The Morgan fingerprint density at radius 2 is 2.14 bits per heavy atom. The molecule has 0 spiro atoms. The van der Waals surface area contributed by atoms with E-state index in [4.69, 9.17) is 0 Å². The van der Waals surface area contributed by atoms with E-state index in [0.717, 1.165) is 12.5 Å². The SMILES string of the molecule is CC12CC1CN(Cc1ccccc1)C2. The van der Waals surface area contributed by atoms with Crippen LogP contribution in [-0.2, 0) is 6.54 Å². The predicted octanol–water partition coefficient (Wildman–Crippen LogP) is 2.53. The van der Waals surface area contributed by atoms with E-state index in [1.807, 2.05) is 0 Å². The Bertz CT molecular complexity index is 332. The first-order valence-electron chi connectivity index (χ1n) is 5.53. The summed E-state index contributed by atoms with van der Waals surface area (Å²) in [6, 6.07) is 10.8. The molecule has 1 heteroatoms. The number of fused-ring (bicyclic) bond motifs is 1. The molecule has 0 bridgehead atoms. The molecule has 0 aromatic heterocycles. The third-order valence-corrected chi connectivity index (χ3v) is 3.85. The molecule has 0 radical (unpaired) electrons. The van der Waals surface area contributed by atoms with Gasteiger partial charge in [0.2, 0.25) is 0 Å². The number of hydrogen-bond acceptors (Lipinski definition) is 1. The largest absolute Gasteiger partial charge is 0.298 e. The standard InChI is InChI=1S/C13H17N/c1-13-7-12(13)9-14(10-13)8-11-5-3-2-4-6-11/h2-6,12H,7-10H2,1H3. The molecule has 2 fully saturated rings. The van der Waals surface area contributed by atoms with Gasteiger partial charge >= 0.3 is 0 Å². The van der Waals surface area contributed by atoms with Crippen molar-refractivity contribution < 1.29 is 0 Å². The summed E-state index contributed by atoms with van der Waals surface area (Å²) in [7, 11) is 0. The minimum Gasteiger partial charge on any atom is -0.298 e. The van der Waals surface area contributed by atoms with E-state index in [2.05, 4.69) is 42.2 Å². The molecule has 0 amide bonds. The molecule has 1 aliphatic carbocycles. The van der Waals surface area contributed by atoms with Crippen LogP contribution in [0.25, 0.3) is 0 Å². The molecule has 1 saturated heterocycles. The van der Waals surface area contributed by atoms with Gasteiger partial charge in [-0.15, -0.1) is 0 Å².